The van der Waals surface area contributed by atoms with Crippen LogP contribution in [0.5, 0.6) is 0 Å². The van der Waals surface area contributed by atoms with Gasteiger partial charge in [0.1, 0.15) is 0 Å². The van der Waals surface area contributed by atoms with E-state index in [1.165, 1.54) is 0 Å². The SMILES string of the molecule is OCCN(CCN1CCOCC1)CCn1cc(Br)cn1. The van der Waals surface area contributed by atoms with Crippen molar-refractivity contribution >= 4 is 15.9 Å². The molecule has 1 N–H and O–H groups in total. The monoisotopic (exact) mass is 346 g/mol. The van der Waals surface area contributed by atoms with Gasteiger partial charge in [0.05, 0.1) is 37.0 Å². The number of morpholine rings is 1. The molecule has 1 aromatic rings. The van der Waals surface area contributed by atoms with E-state index in [9.17, 15) is 0 Å². The van der Waals surface area contributed by atoms with E-state index in [-0.39, 0.29) is 6.61 Å². The highest BCUT2D eigenvalue weighted by Crippen LogP contribution is 2.06. The third-order valence-electron chi connectivity index (χ3n) is 3.50. The van der Waals surface area contributed by atoms with Crippen LogP contribution >= 0.6 is 15.9 Å². The fourth-order valence-corrected chi connectivity index (χ4v) is 2.62. The third-order valence-corrected chi connectivity index (χ3v) is 3.91. The largest absolute Gasteiger partial charge is 0.395 e. The Balaban J connectivity index is 1.71. The van der Waals surface area contributed by atoms with E-state index in [2.05, 4.69) is 30.8 Å². The van der Waals surface area contributed by atoms with Crippen LogP contribution in [0.3, 0.4) is 0 Å². The summed E-state index contributed by atoms with van der Waals surface area (Å²) in [5, 5.41) is 13.4. The summed E-state index contributed by atoms with van der Waals surface area (Å²) in [5.41, 5.74) is 0. The molecule has 1 aliphatic rings. The second-order valence-electron chi connectivity index (χ2n) is 4.94. The lowest BCUT2D eigenvalue weighted by molar-refractivity contribution is 0.0322. The molecule has 0 aromatic carbocycles. The summed E-state index contributed by atoms with van der Waals surface area (Å²) in [6, 6.07) is 0. The molecule has 2 heterocycles. The van der Waals surface area contributed by atoms with Crippen LogP contribution in [-0.4, -0.2) is 83.8 Å². The van der Waals surface area contributed by atoms with Gasteiger partial charge in [0.15, 0.2) is 0 Å². The third kappa shape index (κ3) is 5.49. The Morgan fingerprint density at radius 2 is 2.00 bits per heavy atom. The Labute approximate surface area is 128 Å². The maximum absolute atomic E-state index is 9.17. The lowest BCUT2D eigenvalue weighted by atomic mass is 10.3. The molecule has 7 heteroatoms. The molecule has 1 saturated heterocycles. The molecule has 0 spiro atoms. The minimum Gasteiger partial charge on any atom is -0.395 e. The van der Waals surface area contributed by atoms with Gasteiger partial charge in [-0.3, -0.25) is 14.5 Å². The van der Waals surface area contributed by atoms with Crippen LogP contribution in [0.4, 0.5) is 0 Å². The Bertz CT molecular complexity index is 382. The Hall–Kier alpha value is -0.470. The molecule has 0 atom stereocenters. The fourth-order valence-electron chi connectivity index (χ4n) is 2.29. The molecule has 0 saturated carbocycles. The average Bonchev–Trinajstić information content (AvgIpc) is 2.89. The fraction of sp³-hybridized carbons (Fsp3) is 0.769. The van der Waals surface area contributed by atoms with Crippen LogP contribution in [-0.2, 0) is 11.3 Å². The Morgan fingerprint density at radius 3 is 2.65 bits per heavy atom. The highest BCUT2D eigenvalue weighted by molar-refractivity contribution is 9.10. The van der Waals surface area contributed by atoms with Gasteiger partial charge < -0.3 is 9.84 Å². The van der Waals surface area contributed by atoms with Gasteiger partial charge in [-0.25, -0.2) is 0 Å². The second kappa shape index (κ2) is 8.74. The first-order valence-corrected chi connectivity index (χ1v) is 7.88. The summed E-state index contributed by atoms with van der Waals surface area (Å²) in [4.78, 5) is 4.70. The van der Waals surface area contributed by atoms with Crippen molar-refractivity contribution in [2.24, 2.45) is 0 Å². The van der Waals surface area contributed by atoms with E-state index in [4.69, 9.17) is 9.84 Å². The van der Waals surface area contributed by atoms with E-state index in [0.717, 1.165) is 57.0 Å². The first-order chi connectivity index (χ1) is 9.78. The molecule has 1 aromatic heterocycles. The predicted octanol–water partition coefficient (Wildman–Crippen LogP) is 0.272. The van der Waals surface area contributed by atoms with E-state index in [1.54, 1.807) is 6.20 Å². The highest BCUT2D eigenvalue weighted by Gasteiger charge is 2.12. The van der Waals surface area contributed by atoms with E-state index in [1.807, 2.05) is 10.9 Å². The number of aliphatic hydroxyl groups is 1. The summed E-state index contributed by atoms with van der Waals surface area (Å²) in [5.74, 6) is 0. The molecule has 1 aliphatic heterocycles. The van der Waals surface area contributed by atoms with Crippen molar-refractivity contribution in [2.45, 2.75) is 6.54 Å². The molecular formula is C13H23BrN4O2. The smallest absolute Gasteiger partial charge is 0.0632 e. The molecule has 114 valence electrons. The van der Waals surface area contributed by atoms with Crippen LogP contribution in [0.2, 0.25) is 0 Å². The molecule has 0 bridgehead atoms. The molecular weight excluding hydrogens is 324 g/mol. The number of ether oxygens (including phenoxy) is 1. The van der Waals surface area contributed by atoms with Gasteiger partial charge in [-0.05, 0) is 15.9 Å². The van der Waals surface area contributed by atoms with Gasteiger partial charge in [-0.2, -0.15) is 5.10 Å². The molecule has 2 rings (SSSR count). The summed E-state index contributed by atoms with van der Waals surface area (Å²) < 4.78 is 8.27. The van der Waals surface area contributed by atoms with Gasteiger partial charge in [0.25, 0.3) is 0 Å². The van der Waals surface area contributed by atoms with Gasteiger partial charge in [-0.15, -0.1) is 0 Å². The number of aliphatic hydroxyl groups excluding tert-OH is 1. The van der Waals surface area contributed by atoms with Gasteiger partial charge in [-0.1, -0.05) is 0 Å². The van der Waals surface area contributed by atoms with E-state index < -0.39 is 0 Å². The molecule has 0 radical (unpaired) electrons. The molecule has 1 fully saturated rings. The topological polar surface area (TPSA) is 53.8 Å². The Morgan fingerprint density at radius 1 is 1.25 bits per heavy atom. The van der Waals surface area contributed by atoms with Crippen molar-refractivity contribution in [1.82, 2.24) is 19.6 Å². The van der Waals surface area contributed by atoms with Crippen molar-refractivity contribution in [1.29, 1.82) is 0 Å². The average molecular weight is 347 g/mol. The van der Waals surface area contributed by atoms with Gasteiger partial charge >= 0.3 is 0 Å². The summed E-state index contributed by atoms with van der Waals surface area (Å²) in [6.45, 7) is 8.36. The summed E-state index contributed by atoms with van der Waals surface area (Å²) in [7, 11) is 0. The van der Waals surface area contributed by atoms with Gasteiger partial charge in [0, 0.05) is 45.5 Å². The zero-order valence-electron chi connectivity index (χ0n) is 11.7. The lowest BCUT2D eigenvalue weighted by Crippen LogP contribution is -2.42. The summed E-state index contributed by atoms with van der Waals surface area (Å²) >= 11 is 3.40. The van der Waals surface area contributed by atoms with Gasteiger partial charge in [0.2, 0.25) is 0 Å². The van der Waals surface area contributed by atoms with Crippen LogP contribution in [0, 0.1) is 0 Å². The number of rotatable bonds is 8. The summed E-state index contributed by atoms with van der Waals surface area (Å²) in [6.07, 6.45) is 3.77. The minimum atomic E-state index is 0.200. The van der Waals surface area contributed by atoms with E-state index in [0.29, 0.717) is 6.54 Å². The molecule has 0 unspecified atom stereocenters. The second-order valence-corrected chi connectivity index (χ2v) is 5.86. The highest BCUT2D eigenvalue weighted by atomic mass is 79.9. The molecule has 0 aliphatic carbocycles. The minimum absolute atomic E-state index is 0.200. The first-order valence-electron chi connectivity index (χ1n) is 7.09. The van der Waals surface area contributed by atoms with Crippen LogP contribution in [0.1, 0.15) is 0 Å². The quantitative estimate of drug-likeness (QED) is 0.732. The maximum Gasteiger partial charge on any atom is 0.0632 e. The van der Waals surface area contributed by atoms with E-state index >= 15 is 0 Å². The standard InChI is InChI=1S/C13H23BrN4O2/c14-13-11-15-18(12-13)4-3-16(5-8-19)1-2-17-6-9-20-10-7-17/h11-12,19H,1-10H2. The van der Waals surface area contributed by atoms with Crippen molar-refractivity contribution in [3.8, 4) is 0 Å². The Kier molecular flexibility index (Phi) is 6.95. The number of aromatic nitrogens is 2. The normalized spacial score (nSPS) is 16.9. The molecule has 6 nitrogen and oxygen atoms in total. The van der Waals surface area contributed by atoms with Crippen molar-refractivity contribution in [2.75, 3.05) is 59.1 Å². The van der Waals surface area contributed by atoms with Crippen molar-refractivity contribution in [3.63, 3.8) is 0 Å². The van der Waals surface area contributed by atoms with Crippen LogP contribution in [0.15, 0.2) is 16.9 Å². The van der Waals surface area contributed by atoms with Crippen LogP contribution in [0.25, 0.3) is 0 Å². The van der Waals surface area contributed by atoms with Crippen molar-refractivity contribution < 1.29 is 9.84 Å². The lowest BCUT2D eigenvalue weighted by Gasteiger charge is -2.29. The van der Waals surface area contributed by atoms with Crippen molar-refractivity contribution in [3.05, 3.63) is 16.9 Å². The maximum atomic E-state index is 9.17. The van der Waals surface area contributed by atoms with Crippen LogP contribution < -0.4 is 0 Å². The number of hydrogen-bond donors (Lipinski definition) is 1. The number of nitrogens with zero attached hydrogens (tertiary/aromatic N) is 4. The molecule has 20 heavy (non-hydrogen) atoms. The first kappa shape index (κ1) is 15.9. The zero-order chi connectivity index (χ0) is 14.2. The number of hydrogen-bond acceptors (Lipinski definition) is 5. The number of halogens is 1. The predicted molar refractivity (Wildman–Crippen MR) is 80.7 cm³/mol. The molecule has 0 amide bonds. The zero-order valence-corrected chi connectivity index (χ0v) is 13.3.